The molecule has 1 saturated heterocycles. The number of nitrogens with zero attached hydrogens (tertiary/aromatic N) is 3. The summed E-state index contributed by atoms with van der Waals surface area (Å²) in [6.45, 7) is 4.79. The van der Waals surface area contributed by atoms with Crippen molar-refractivity contribution in [2.75, 3.05) is 26.2 Å². The number of hydrogen-bond donors (Lipinski definition) is 0. The molecule has 6 heteroatoms. The fourth-order valence-corrected chi connectivity index (χ4v) is 2.40. The van der Waals surface area contributed by atoms with Crippen LogP contribution in [-0.4, -0.2) is 53.3 Å². The van der Waals surface area contributed by atoms with E-state index in [0.717, 1.165) is 17.9 Å². The molecule has 0 unspecified atom stereocenters. The Kier molecular flexibility index (Phi) is 5.00. The monoisotopic (exact) mass is 283 g/mol. The highest BCUT2D eigenvalue weighted by molar-refractivity contribution is 5.79. The highest BCUT2D eigenvalue weighted by Crippen LogP contribution is 2.10. The maximum Gasteiger partial charge on any atom is 0.315 e. The van der Waals surface area contributed by atoms with E-state index in [1.54, 1.807) is 0 Å². The Balaban J connectivity index is 1.91. The minimum atomic E-state index is -2.90. The van der Waals surface area contributed by atoms with Crippen molar-refractivity contribution in [1.82, 2.24) is 14.8 Å². The van der Waals surface area contributed by atoms with Gasteiger partial charge in [0.2, 0.25) is 0 Å². The van der Waals surface area contributed by atoms with Crippen molar-refractivity contribution < 1.29 is 13.6 Å². The highest BCUT2D eigenvalue weighted by Gasteiger charge is 2.25. The molecule has 0 bridgehead atoms. The van der Waals surface area contributed by atoms with E-state index in [9.17, 15) is 13.6 Å². The van der Waals surface area contributed by atoms with Gasteiger partial charge in [0.25, 0.3) is 5.91 Å². The number of halogens is 2. The maximum atomic E-state index is 12.4. The van der Waals surface area contributed by atoms with E-state index in [4.69, 9.17) is 0 Å². The zero-order chi connectivity index (χ0) is 14.5. The zero-order valence-corrected chi connectivity index (χ0v) is 11.6. The summed E-state index contributed by atoms with van der Waals surface area (Å²) in [5.74, 6) is -1.06. The van der Waals surface area contributed by atoms with Gasteiger partial charge in [-0.05, 0) is 25.5 Å². The Labute approximate surface area is 117 Å². The van der Waals surface area contributed by atoms with Gasteiger partial charge in [-0.2, -0.15) is 8.78 Å². The molecule has 1 amide bonds. The topological polar surface area (TPSA) is 36.4 Å². The van der Waals surface area contributed by atoms with Crippen LogP contribution >= 0.6 is 0 Å². The lowest BCUT2D eigenvalue weighted by atomic mass is 10.3. The number of aryl methyl sites for hydroxylation is 1. The predicted molar refractivity (Wildman–Crippen MR) is 71.5 cm³/mol. The molecule has 1 fully saturated rings. The highest BCUT2D eigenvalue weighted by atomic mass is 19.3. The number of carbonyl (C=O) groups is 1. The second-order valence-electron chi connectivity index (χ2n) is 5.03. The molecule has 1 aliphatic heterocycles. The summed E-state index contributed by atoms with van der Waals surface area (Å²) >= 11 is 0. The van der Waals surface area contributed by atoms with Gasteiger partial charge in [0.15, 0.2) is 0 Å². The SMILES string of the molecule is Cc1cccc(CN2CCCN(C(=O)C(F)F)CC2)n1. The van der Waals surface area contributed by atoms with Gasteiger partial charge >= 0.3 is 6.43 Å². The summed E-state index contributed by atoms with van der Waals surface area (Å²) in [6, 6.07) is 5.86. The molecular weight excluding hydrogens is 264 g/mol. The normalized spacial score (nSPS) is 17.3. The van der Waals surface area contributed by atoms with E-state index >= 15 is 0 Å². The van der Waals surface area contributed by atoms with Gasteiger partial charge in [-0.1, -0.05) is 6.07 Å². The van der Waals surface area contributed by atoms with E-state index in [-0.39, 0.29) is 0 Å². The van der Waals surface area contributed by atoms with Crippen LogP contribution in [0.2, 0.25) is 0 Å². The van der Waals surface area contributed by atoms with Gasteiger partial charge in [-0.3, -0.25) is 14.7 Å². The van der Waals surface area contributed by atoms with Gasteiger partial charge in [-0.15, -0.1) is 0 Å². The molecule has 1 aliphatic rings. The van der Waals surface area contributed by atoms with Crippen LogP contribution < -0.4 is 0 Å². The van der Waals surface area contributed by atoms with Crippen molar-refractivity contribution in [3.05, 3.63) is 29.6 Å². The molecule has 0 atom stereocenters. The number of carbonyl (C=O) groups excluding carboxylic acids is 1. The average Bonchev–Trinajstić information content (AvgIpc) is 2.63. The van der Waals surface area contributed by atoms with Crippen LogP contribution in [0.4, 0.5) is 8.78 Å². The third-order valence-electron chi connectivity index (χ3n) is 3.42. The Bertz CT molecular complexity index is 467. The number of hydrogen-bond acceptors (Lipinski definition) is 3. The molecule has 1 aromatic rings. The zero-order valence-electron chi connectivity index (χ0n) is 11.6. The van der Waals surface area contributed by atoms with Gasteiger partial charge < -0.3 is 4.90 Å². The summed E-state index contributed by atoms with van der Waals surface area (Å²) in [5.41, 5.74) is 1.94. The van der Waals surface area contributed by atoms with E-state index in [1.807, 2.05) is 25.1 Å². The average molecular weight is 283 g/mol. The Morgan fingerprint density at radius 1 is 1.30 bits per heavy atom. The predicted octanol–water partition coefficient (Wildman–Crippen LogP) is 1.69. The molecule has 4 nitrogen and oxygen atoms in total. The van der Waals surface area contributed by atoms with E-state index in [0.29, 0.717) is 32.6 Å². The molecule has 0 aromatic carbocycles. The smallest absolute Gasteiger partial charge is 0.315 e. The Morgan fingerprint density at radius 2 is 2.10 bits per heavy atom. The number of alkyl halides is 2. The quantitative estimate of drug-likeness (QED) is 0.847. The standard InChI is InChI=1S/C14H19F2N3O/c1-11-4-2-5-12(17-11)10-18-6-3-7-19(9-8-18)14(20)13(15)16/h2,4-5,13H,3,6-10H2,1H3. The lowest BCUT2D eigenvalue weighted by molar-refractivity contribution is -0.142. The Hall–Kier alpha value is -1.56. The molecule has 0 spiro atoms. The van der Waals surface area contributed by atoms with Gasteiger partial charge in [0, 0.05) is 38.4 Å². The second kappa shape index (κ2) is 6.74. The summed E-state index contributed by atoms with van der Waals surface area (Å²) in [5, 5.41) is 0. The molecule has 0 saturated carbocycles. The molecule has 0 radical (unpaired) electrons. The summed E-state index contributed by atoms with van der Waals surface area (Å²) in [7, 11) is 0. The molecule has 0 N–H and O–H groups in total. The van der Waals surface area contributed by atoms with Gasteiger partial charge in [-0.25, -0.2) is 0 Å². The van der Waals surface area contributed by atoms with Crippen LogP contribution in [0.1, 0.15) is 17.8 Å². The van der Waals surface area contributed by atoms with Gasteiger partial charge in [0.05, 0.1) is 5.69 Å². The maximum absolute atomic E-state index is 12.4. The second-order valence-corrected chi connectivity index (χ2v) is 5.03. The first kappa shape index (κ1) is 14.8. The lowest BCUT2D eigenvalue weighted by Crippen LogP contribution is -2.38. The van der Waals surface area contributed by atoms with Crippen molar-refractivity contribution in [2.24, 2.45) is 0 Å². The third-order valence-corrected chi connectivity index (χ3v) is 3.42. The number of rotatable bonds is 3. The van der Waals surface area contributed by atoms with Crippen molar-refractivity contribution in [1.29, 1.82) is 0 Å². The minimum absolute atomic E-state index is 0.356. The molecular formula is C14H19F2N3O. The van der Waals surface area contributed by atoms with Crippen LogP contribution in [0.15, 0.2) is 18.2 Å². The van der Waals surface area contributed by atoms with Crippen LogP contribution in [-0.2, 0) is 11.3 Å². The summed E-state index contributed by atoms with van der Waals surface area (Å²) in [6.07, 6.45) is -2.19. The molecule has 0 aliphatic carbocycles. The molecule has 20 heavy (non-hydrogen) atoms. The van der Waals surface area contributed by atoms with E-state index in [2.05, 4.69) is 9.88 Å². The number of amides is 1. The fourth-order valence-electron chi connectivity index (χ4n) is 2.40. The third kappa shape index (κ3) is 3.96. The first-order chi connectivity index (χ1) is 9.56. The van der Waals surface area contributed by atoms with Crippen LogP contribution in [0.5, 0.6) is 0 Å². The van der Waals surface area contributed by atoms with Crippen LogP contribution in [0.25, 0.3) is 0 Å². The van der Waals surface area contributed by atoms with Crippen molar-refractivity contribution in [3.63, 3.8) is 0 Å². The van der Waals surface area contributed by atoms with Crippen LogP contribution in [0.3, 0.4) is 0 Å². The number of aromatic nitrogens is 1. The van der Waals surface area contributed by atoms with Crippen molar-refractivity contribution in [3.8, 4) is 0 Å². The van der Waals surface area contributed by atoms with Gasteiger partial charge in [0.1, 0.15) is 0 Å². The fraction of sp³-hybridized carbons (Fsp3) is 0.571. The molecule has 2 rings (SSSR count). The van der Waals surface area contributed by atoms with Crippen LogP contribution in [0, 0.1) is 6.92 Å². The molecule has 1 aromatic heterocycles. The molecule has 110 valence electrons. The Morgan fingerprint density at radius 3 is 2.80 bits per heavy atom. The van der Waals surface area contributed by atoms with E-state index in [1.165, 1.54) is 4.90 Å². The summed E-state index contributed by atoms with van der Waals surface area (Å²) in [4.78, 5) is 19.2. The molecule has 2 heterocycles. The van der Waals surface area contributed by atoms with Crippen molar-refractivity contribution >= 4 is 5.91 Å². The first-order valence-corrected chi connectivity index (χ1v) is 6.78. The first-order valence-electron chi connectivity index (χ1n) is 6.78. The largest absolute Gasteiger partial charge is 0.336 e. The van der Waals surface area contributed by atoms with E-state index < -0.39 is 12.3 Å². The lowest BCUT2D eigenvalue weighted by Gasteiger charge is -2.21. The number of pyridine rings is 1. The minimum Gasteiger partial charge on any atom is -0.336 e. The van der Waals surface area contributed by atoms with Crippen molar-refractivity contribution in [2.45, 2.75) is 26.3 Å². The summed E-state index contributed by atoms with van der Waals surface area (Å²) < 4.78 is 24.8.